The van der Waals surface area contributed by atoms with E-state index in [4.69, 9.17) is 4.74 Å². The Morgan fingerprint density at radius 3 is 2.37 bits per heavy atom. The van der Waals surface area contributed by atoms with Crippen LogP contribution in [0.4, 0.5) is 30.5 Å². The fourth-order valence-corrected chi connectivity index (χ4v) is 4.45. The molecule has 0 amide bonds. The number of hydrogen-bond donors (Lipinski definition) is 2. The van der Waals surface area contributed by atoms with Crippen molar-refractivity contribution in [3.63, 3.8) is 0 Å². The first-order valence-electron chi connectivity index (χ1n) is 11.5. The minimum Gasteiger partial charge on any atom is -0.381 e. The first-order valence-corrected chi connectivity index (χ1v) is 11.5. The van der Waals surface area contributed by atoms with Crippen molar-refractivity contribution in [2.75, 3.05) is 48.4 Å². The van der Waals surface area contributed by atoms with Gasteiger partial charge in [0.1, 0.15) is 11.6 Å². The number of hydrogen-bond acceptors (Lipinski definition) is 6. The number of benzene rings is 2. The van der Waals surface area contributed by atoms with Gasteiger partial charge < -0.3 is 20.3 Å². The summed E-state index contributed by atoms with van der Waals surface area (Å²) in [6.45, 7) is 6.84. The Hall–Kier alpha value is -3.59. The lowest BCUT2D eigenvalue weighted by Gasteiger charge is -2.30. The number of morpholine rings is 1. The van der Waals surface area contributed by atoms with Crippen LogP contribution in [0.1, 0.15) is 23.6 Å². The van der Waals surface area contributed by atoms with Crippen molar-refractivity contribution in [3.8, 4) is 11.4 Å². The van der Waals surface area contributed by atoms with Gasteiger partial charge in [0.05, 0.1) is 18.8 Å². The third-order valence-electron chi connectivity index (χ3n) is 6.31. The number of aromatic nitrogens is 2. The third-order valence-corrected chi connectivity index (χ3v) is 6.31. The zero-order valence-electron chi connectivity index (χ0n) is 19.5. The molecule has 3 aromatic rings. The molecule has 0 aliphatic carbocycles. The number of nitrogens with zero attached hydrogens (tertiary/aromatic N) is 3. The van der Waals surface area contributed by atoms with Gasteiger partial charge >= 0.3 is 6.18 Å². The molecule has 6 nitrogen and oxygen atoms in total. The summed E-state index contributed by atoms with van der Waals surface area (Å²) in [6, 6.07) is 13.4. The van der Waals surface area contributed by atoms with E-state index in [1.165, 1.54) is 12.1 Å². The van der Waals surface area contributed by atoms with Gasteiger partial charge in [-0.3, -0.25) is 0 Å². The first-order chi connectivity index (χ1) is 16.8. The van der Waals surface area contributed by atoms with E-state index in [1.807, 2.05) is 43.0 Å². The maximum atomic E-state index is 13.8. The molecule has 1 fully saturated rings. The molecule has 182 valence electrons. The van der Waals surface area contributed by atoms with Crippen LogP contribution in [0.3, 0.4) is 0 Å². The molecule has 5 rings (SSSR count). The lowest BCUT2D eigenvalue weighted by Crippen LogP contribution is -2.37. The second-order valence-corrected chi connectivity index (χ2v) is 8.67. The van der Waals surface area contributed by atoms with Crippen molar-refractivity contribution in [2.45, 2.75) is 20.0 Å². The fourth-order valence-electron chi connectivity index (χ4n) is 4.45. The number of ether oxygens (including phenoxy) is 1. The van der Waals surface area contributed by atoms with E-state index in [9.17, 15) is 13.2 Å². The van der Waals surface area contributed by atoms with Crippen LogP contribution < -0.4 is 15.5 Å². The second kappa shape index (κ2) is 9.22. The lowest BCUT2D eigenvalue weighted by molar-refractivity contribution is -0.137. The summed E-state index contributed by atoms with van der Waals surface area (Å²) in [4.78, 5) is 11.3. The molecule has 1 saturated heterocycles. The summed E-state index contributed by atoms with van der Waals surface area (Å²) in [5.41, 5.74) is 3.91. The summed E-state index contributed by atoms with van der Waals surface area (Å²) in [5, 5.41) is 6.84. The molecule has 0 saturated carbocycles. The number of rotatable bonds is 4. The minimum absolute atomic E-state index is 0.0352. The monoisotopic (exact) mass is 481 g/mol. The van der Waals surface area contributed by atoms with Gasteiger partial charge in [-0.15, -0.1) is 0 Å². The van der Waals surface area contributed by atoms with Crippen molar-refractivity contribution < 1.29 is 17.9 Å². The highest BCUT2D eigenvalue weighted by molar-refractivity contribution is 5.88. The highest BCUT2D eigenvalue weighted by Crippen LogP contribution is 2.39. The molecule has 2 N–H and O–H groups in total. The van der Waals surface area contributed by atoms with Crippen molar-refractivity contribution in [3.05, 3.63) is 70.8 Å². The molecule has 0 bridgehead atoms. The van der Waals surface area contributed by atoms with Gasteiger partial charge in [-0.1, -0.05) is 36.4 Å². The standard InChI is InChI=1S/C26H26F3N5O/c1-16-15-30-21-10-6-4-8-19(21)22(16)31-23-17(2)25(34-11-13-35-14-12-34)33-24(32-23)18-7-3-5-9-20(18)26(27,28)29/h3-10,30H,11-15H2,1-2H3,(H,31,32,33). The molecule has 9 heteroatoms. The van der Waals surface area contributed by atoms with E-state index >= 15 is 0 Å². The van der Waals surface area contributed by atoms with Crippen LogP contribution >= 0.6 is 0 Å². The van der Waals surface area contributed by atoms with Gasteiger partial charge in [-0.2, -0.15) is 13.2 Å². The maximum Gasteiger partial charge on any atom is 0.417 e. The average molecular weight is 482 g/mol. The van der Waals surface area contributed by atoms with Gasteiger partial charge in [-0.25, -0.2) is 9.97 Å². The van der Waals surface area contributed by atoms with Gasteiger partial charge in [0.2, 0.25) is 0 Å². The fraction of sp³-hybridized carbons (Fsp3) is 0.308. The Kier molecular flexibility index (Phi) is 6.10. The molecule has 2 aromatic carbocycles. The molecular weight excluding hydrogens is 455 g/mol. The molecule has 35 heavy (non-hydrogen) atoms. The van der Waals surface area contributed by atoms with Crippen LogP contribution in [0.5, 0.6) is 0 Å². The van der Waals surface area contributed by atoms with Crippen molar-refractivity contribution >= 4 is 23.0 Å². The Morgan fingerprint density at radius 1 is 0.943 bits per heavy atom. The van der Waals surface area contributed by atoms with Crippen LogP contribution in [0.15, 0.2) is 54.1 Å². The highest BCUT2D eigenvalue weighted by atomic mass is 19.4. The maximum absolute atomic E-state index is 13.8. The number of fused-ring (bicyclic) bond motifs is 1. The number of para-hydroxylation sites is 1. The van der Waals surface area contributed by atoms with E-state index in [0.717, 1.165) is 34.2 Å². The van der Waals surface area contributed by atoms with E-state index < -0.39 is 11.7 Å². The Morgan fingerprint density at radius 2 is 1.63 bits per heavy atom. The average Bonchev–Trinajstić information content (AvgIpc) is 2.87. The summed E-state index contributed by atoms with van der Waals surface area (Å²) < 4.78 is 47.0. The highest BCUT2D eigenvalue weighted by Gasteiger charge is 2.34. The van der Waals surface area contributed by atoms with E-state index in [-0.39, 0.29) is 11.4 Å². The zero-order valence-corrected chi connectivity index (χ0v) is 19.5. The molecular formula is C26H26F3N5O. The van der Waals surface area contributed by atoms with Crippen LogP contribution in [0.25, 0.3) is 17.1 Å². The molecule has 2 aliphatic rings. The predicted molar refractivity (Wildman–Crippen MR) is 131 cm³/mol. The number of nitrogens with one attached hydrogen (secondary N) is 2. The van der Waals surface area contributed by atoms with Crippen LogP contribution in [-0.2, 0) is 10.9 Å². The van der Waals surface area contributed by atoms with Crippen molar-refractivity contribution in [2.24, 2.45) is 0 Å². The smallest absolute Gasteiger partial charge is 0.381 e. The molecule has 0 spiro atoms. The molecule has 0 unspecified atom stereocenters. The summed E-state index contributed by atoms with van der Waals surface area (Å²) in [7, 11) is 0. The van der Waals surface area contributed by atoms with E-state index in [2.05, 4.69) is 20.6 Å². The van der Waals surface area contributed by atoms with E-state index in [0.29, 0.717) is 44.5 Å². The van der Waals surface area contributed by atoms with Gasteiger partial charge in [0, 0.05) is 47.7 Å². The lowest BCUT2D eigenvalue weighted by atomic mass is 10.0. The normalized spacial score (nSPS) is 16.1. The first kappa shape index (κ1) is 23.2. The summed E-state index contributed by atoms with van der Waals surface area (Å²) in [5.74, 6) is 1.13. The molecule has 0 atom stereocenters. The Labute approximate surface area is 201 Å². The summed E-state index contributed by atoms with van der Waals surface area (Å²) in [6.07, 6.45) is -4.52. The number of alkyl halides is 3. The van der Waals surface area contributed by atoms with Gasteiger partial charge in [0.25, 0.3) is 0 Å². The molecule has 1 aromatic heterocycles. The van der Waals surface area contributed by atoms with Crippen molar-refractivity contribution in [1.82, 2.24) is 9.97 Å². The number of anilines is 3. The SMILES string of the molecule is CC1=C(Nc2nc(-c3ccccc3C(F)(F)F)nc(N3CCOCC3)c2C)c2ccccc2NC1. The van der Waals surface area contributed by atoms with Gasteiger partial charge in [0.15, 0.2) is 5.82 Å². The van der Waals surface area contributed by atoms with E-state index in [1.54, 1.807) is 6.07 Å². The quantitative estimate of drug-likeness (QED) is 0.508. The molecule has 0 radical (unpaired) electrons. The molecule has 3 heterocycles. The minimum atomic E-state index is -4.52. The Bertz CT molecular complexity index is 1280. The van der Waals surface area contributed by atoms with Crippen molar-refractivity contribution in [1.29, 1.82) is 0 Å². The predicted octanol–water partition coefficient (Wildman–Crippen LogP) is 5.58. The summed E-state index contributed by atoms with van der Waals surface area (Å²) >= 11 is 0. The number of halogens is 3. The second-order valence-electron chi connectivity index (χ2n) is 8.67. The van der Waals surface area contributed by atoms with Crippen LogP contribution in [0.2, 0.25) is 0 Å². The topological polar surface area (TPSA) is 62.3 Å². The van der Waals surface area contributed by atoms with Crippen LogP contribution in [0, 0.1) is 6.92 Å². The third kappa shape index (κ3) is 4.55. The largest absolute Gasteiger partial charge is 0.417 e. The zero-order chi connectivity index (χ0) is 24.6. The Balaban J connectivity index is 1.66. The van der Waals surface area contributed by atoms with Gasteiger partial charge in [-0.05, 0) is 31.6 Å². The van der Waals surface area contributed by atoms with Crippen LogP contribution in [-0.4, -0.2) is 42.8 Å². The molecule has 2 aliphatic heterocycles.